The molecule has 0 aliphatic carbocycles. The standard InChI is InChI=1S/C14H15NO7/c1-20-13(17)11(12(16)14(21-2)22-3)8-9-5-4-6-10(7-9)15(18)19/h4-8,14H,1-3H3. The van der Waals surface area contributed by atoms with Gasteiger partial charge in [-0.25, -0.2) is 4.79 Å². The molecule has 0 unspecified atom stereocenters. The fourth-order valence-electron chi connectivity index (χ4n) is 1.67. The Hall–Kier alpha value is -2.58. The fraction of sp³-hybridized carbons (Fsp3) is 0.286. The van der Waals surface area contributed by atoms with Gasteiger partial charge in [-0.05, 0) is 11.6 Å². The van der Waals surface area contributed by atoms with Gasteiger partial charge in [0.25, 0.3) is 5.69 Å². The number of hydrogen-bond acceptors (Lipinski definition) is 7. The SMILES string of the molecule is COC(=O)C(=Cc1cccc([N+](=O)[O-])c1)C(=O)C(OC)OC. The number of carbonyl (C=O) groups is 2. The zero-order valence-electron chi connectivity index (χ0n) is 12.3. The lowest BCUT2D eigenvalue weighted by atomic mass is 10.1. The molecule has 0 spiro atoms. The summed E-state index contributed by atoms with van der Waals surface area (Å²) in [4.78, 5) is 34.1. The number of Topliss-reactive ketones (excluding diaryl/α,β-unsaturated/α-hetero) is 1. The molecule has 0 amide bonds. The molecule has 22 heavy (non-hydrogen) atoms. The van der Waals surface area contributed by atoms with Crippen molar-refractivity contribution in [2.45, 2.75) is 6.29 Å². The maximum Gasteiger partial charge on any atom is 0.341 e. The van der Waals surface area contributed by atoms with Crippen LogP contribution in [0.1, 0.15) is 5.56 Å². The van der Waals surface area contributed by atoms with E-state index in [4.69, 9.17) is 9.47 Å². The second-order valence-corrected chi connectivity index (χ2v) is 4.07. The molecule has 0 bridgehead atoms. The molecule has 0 aromatic heterocycles. The van der Waals surface area contributed by atoms with Crippen molar-refractivity contribution in [3.63, 3.8) is 0 Å². The van der Waals surface area contributed by atoms with Crippen molar-refractivity contribution in [3.05, 3.63) is 45.5 Å². The van der Waals surface area contributed by atoms with Crippen molar-refractivity contribution in [1.82, 2.24) is 0 Å². The summed E-state index contributed by atoms with van der Waals surface area (Å²) in [6, 6.07) is 5.47. The van der Waals surface area contributed by atoms with Gasteiger partial charge in [0.15, 0.2) is 0 Å². The van der Waals surface area contributed by atoms with Crippen LogP contribution in [0.3, 0.4) is 0 Å². The molecule has 1 aromatic carbocycles. The molecule has 0 N–H and O–H groups in total. The Kier molecular flexibility index (Phi) is 6.36. The minimum Gasteiger partial charge on any atom is -0.465 e. The Morgan fingerprint density at radius 1 is 1.23 bits per heavy atom. The largest absolute Gasteiger partial charge is 0.465 e. The first kappa shape index (κ1) is 17.5. The number of methoxy groups -OCH3 is 3. The topological polar surface area (TPSA) is 105 Å². The maximum atomic E-state index is 12.2. The van der Waals surface area contributed by atoms with Crippen LogP contribution < -0.4 is 0 Å². The van der Waals surface area contributed by atoms with E-state index < -0.39 is 23.0 Å². The van der Waals surface area contributed by atoms with Gasteiger partial charge < -0.3 is 14.2 Å². The summed E-state index contributed by atoms with van der Waals surface area (Å²) in [5.74, 6) is -1.64. The van der Waals surface area contributed by atoms with E-state index in [1.807, 2.05) is 0 Å². The number of nitro benzene ring substituents is 1. The van der Waals surface area contributed by atoms with Crippen molar-refractivity contribution >= 4 is 23.5 Å². The number of nitrogens with zero attached hydrogens (tertiary/aromatic N) is 1. The van der Waals surface area contributed by atoms with Crippen molar-refractivity contribution in [2.75, 3.05) is 21.3 Å². The quantitative estimate of drug-likeness (QED) is 0.142. The Bertz CT molecular complexity index is 605. The molecule has 8 nitrogen and oxygen atoms in total. The second kappa shape index (κ2) is 8.01. The van der Waals surface area contributed by atoms with Crippen LogP contribution >= 0.6 is 0 Å². The molecular formula is C14H15NO7. The van der Waals surface area contributed by atoms with Crippen molar-refractivity contribution < 1.29 is 28.7 Å². The van der Waals surface area contributed by atoms with E-state index in [0.29, 0.717) is 5.56 Å². The highest BCUT2D eigenvalue weighted by Gasteiger charge is 2.27. The molecule has 0 aliphatic rings. The van der Waals surface area contributed by atoms with E-state index in [-0.39, 0.29) is 11.3 Å². The first-order valence-corrected chi connectivity index (χ1v) is 6.08. The van der Waals surface area contributed by atoms with E-state index in [9.17, 15) is 19.7 Å². The molecule has 1 rings (SSSR count). The summed E-state index contributed by atoms with van der Waals surface area (Å²) in [5.41, 5.74) is -0.203. The summed E-state index contributed by atoms with van der Waals surface area (Å²) < 4.78 is 14.2. The number of ether oxygens (including phenoxy) is 3. The molecule has 0 heterocycles. The Morgan fingerprint density at radius 2 is 1.86 bits per heavy atom. The minimum atomic E-state index is -1.27. The lowest BCUT2D eigenvalue weighted by Crippen LogP contribution is -2.29. The predicted octanol–water partition coefficient (Wildman–Crippen LogP) is 1.34. The molecule has 0 saturated carbocycles. The molecule has 0 aliphatic heterocycles. The van der Waals surface area contributed by atoms with Gasteiger partial charge in [-0.15, -0.1) is 0 Å². The lowest BCUT2D eigenvalue weighted by Gasteiger charge is -2.13. The van der Waals surface area contributed by atoms with E-state index in [1.165, 1.54) is 44.6 Å². The van der Waals surface area contributed by atoms with Crippen LogP contribution in [-0.4, -0.2) is 44.3 Å². The average molecular weight is 309 g/mol. The molecule has 0 atom stereocenters. The van der Waals surface area contributed by atoms with Crippen LogP contribution in [0.4, 0.5) is 5.69 Å². The molecule has 0 radical (unpaired) electrons. The number of esters is 1. The third kappa shape index (κ3) is 4.21. The Morgan fingerprint density at radius 3 is 2.36 bits per heavy atom. The smallest absolute Gasteiger partial charge is 0.341 e. The zero-order chi connectivity index (χ0) is 16.7. The molecule has 0 saturated heterocycles. The highest BCUT2D eigenvalue weighted by atomic mass is 16.7. The summed E-state index contributed by atoms with van der Waals surface area (Å²) >= 11 is 0. The average Bonchev–Trinajstić information content (AvgIpc) is 2.53. The van der Waals surface area contributed by atoms with Gasteiger partial charge in [-0.3, -0.25) is 14.9 Å². The van der Waals surface area contributed by atoms with Gasteiger partial charge in [0, 0.05) is 26.4 Å². The minimum absolute atomic E-state index is 0.166. The molecule has 8 heteroatoms. The summed E-state index contributed by atoms with van der Waals surface area (Å²) in [7, 11) is 3.61. The van der Waals surface area contributed by atoms with Crippen LogP contribution in [0.2, 0.25) is 0 Å². The van der Waals surface area contributed by atoms with Gasteiger partial charge in [-0.1, -0.05) is 12.1 Å². The summed E-state index contributed by atoms with van der Waals surface area (Å²) in [5, 5.41) is 10.8. The van der Waals surface area contributed by atoms with Gasteiger partial charge >= 0.3 is 5.97 Å². The summed E-state index contributed by atoms with van der Waals surface area (Å²) in [6.45, 7) is 0. The van der Waals surface area contributed by atoms with Crippen LogP contribution in [0.15, 0.2) is 29.8 Å². The highest BCUT2D eigenvalue weighted by Crippen LogP contribution is 2.17. The van der Waals surface area contributed by atoms with Crippen LogP contribution in [0, 0.1) is 10.1 Å². The number of nitro groups is 1. The van der Waals surface area contributed by atoms with Gasteiger partial charge in [0.2, 0.25) is 12.1 Å². The maximum absolute atomic E-state index is 12.2. The van der Waals surface area contributed by atoms with Crippen molar-refractivity contribution in [2.24, 2.45) is 0 Å². The first-order valence-electron chi connectivity index (χ1n) is 6.08. The van der Waals surface area contributed by atoms with E-state index in [1.54, 1.807) is 0 Å². The van der Waals surface area contributed by atoms with Crippen LogP contribution in [0.5, 0.6) is 0 Å². The molecule has 118 valence electrons. The zero-order valence-corrected chi connectivity index (χ0v) is 12.3. The third-order valence-electron chi connectivity index (χ3n) is 2.71. The number of hydrogen-bond donors (Lipinski definition) is 0. The Balaban J connectivity index is 3.27. The second-order valence-electron chi connectivity index (χ2n) is 4.07. The van der Waals surface area contributed by atoms with Gasteiger partial charge in [0.1, 0.15) is 5.57 Å². The van der Waals surface area contributed by atoms with Crippen LogP contribution in [-0.2, 0) is 23.8 Å². The summed E-state index contributed by atoms with van der Waals surface area (Å²) in [6.07, 6.45) is -0.0873. The number of ketones is 1. The van der Waals surface area contributed by atoms with Crippen molar-refractivity contribution in [1.29, 1.82) is 0 Å². The van der Waals surface area contributed by atoms with E-state index in [2.05, 4.69) is 4.74 Å². The fourth-order valence-corrected chi connectivity index (χ4v) is 1.67. The lowest BCUT2D eigenvalue weighted by molar-refractivity contribution is -0.384. The number of carbonyl (C=O) groups excluding carboxylic acids is 2. The number of rotatable bonds is 7. The molecule has 1 aromatic rings. The van der Waals surface area contributed by atoms with Gasteiger partial charge in [0.05, 0.1) is 12.0 Å². The van der Waals surface area contributed by atoms with Crippen LogP contribution in [0.25, 0.3) is 6.08 Å². The predicted molar refractivity (Wildman–Crippen MR) is 75.9 cm³/mol. The monoisotopic (exact) mass is 309 g/mol. The van der Waals surface area contributed by atoms with Gasteiger partial charge in [-0.2, -0.15) is 0 Å². The molecular weight excluding hydrogens is 294 g/mol. The third-order valence-corrected chi connectivity index (χ3v) is 2.71. The Labute approximate surface area is 126 Å². The molecule has 0 fully saturated rings. The normalized spacial score (nSPS) is 11.4. The van der Waals surface area contributed by atoms with E-state index in [0.717, 1.165) is 7.11 Å². The van der Waals surface area contributed by atoms with E-state index >= 15 is 0 Å². The first-order chi connectivity index (χ1) is 10.4. The highest BCUT2D eigenvalue weighted by molar-refractivity contribution is 6.21. The van der Waals surface area contributed by atoms with Crippen molar-refractivity contribution in [3.8, 4) is 0 Å². The number of non-ortho nitro benzene ring substituents is 1. The number of benzene rings is 1.